The predicted molar refractivity (Wildman–Crippen MR) is 112 cm³/mol. The first-order valence-corrected chi connectivity index (χ1v) is 10.00. The standard InChI is InChI=1S/C23H21FN2OS/c1-15-5-3-4-6-18(15)14-26-20-11-16(2)28-22(20)12-21(26)23(27)25-13-17-7-9-19(24)10-8-17/h3-12H,13-14H2,1-2H3,(H,25,27). The van der Waals surface area contributed by atoms with Crippen LogP contribution in [-0.2, 0) is 13.1 Å². The maximum atomic E-state index is 13.1. The first kappa shape index (κ1) is 18.4. The van der Waals surface area contributed by atoms with Gasteiger partial charge >= 0.3 is 0 Å². The Hall–Kier alpha value is -2.92. The molecule has 0 aliphatic rings. The number of nitrogens with zero attached hydrogens (tertiary/aromatic N) is 1. The lowest BCUT2D eigenvalue weighted by atomic mass is 10.1. The number of rotatable bonds is 5. The second-order valence-corrected chi connectivity index (χ2v) is 8.25. The van der Waals surface area contributed by atoms with Gasteiger partial charge in [0.25, 0.3) is 5.91 Å². The topological polar surface area (TPSA) is 34.0 Å². The SMILES string of the molecule is Cc1cc2c(cc(C(=O)NCc3ccc(F)cc3)n2Cc2ccccc2C)s1. The molecule has 3 nitrogen and oxygen atoms in total. The van der Waals surface area contributed by atoms with E-state index >= 15 is 0 Å². The highest BCUT2D eigenvalue weighted by Crippen LogP contribution is 2.30. The Kier molecular flexibility index (Phi) is 5.01. The smallest absolute Gasteiger partial charge is 0.268 e. The van der Waals surface area contributed by atoms with Gasteiger partial charge in [0.05, 0.1) is 10.2 Å². The van der Waals surface area contributed by atoms with Crippen molar-refractivity contribution in [2.45, 2.75) is 26.9 Å². The van der Waals surface area contributed by atoms with Crippen LogP contribution in [-0.4, -0.2) is 10.5 Å². The van der Waals surface area contributed by atoms with E-state index in [1.165, 1.54) is 28.1 Å². The van der Waals surface area contributed by atoms with Crippen molar-refractivity contribution in [2.24, 2.45) is 0 Å². The minimum absolute atomic E-state index is 0.126. The van der Waals surface area contributed by atoms with E-state index in [2.05, 4.69) is 41.9 Å². The molecule has 142 valence electrons. The van der Waals surface area contributed by atoms with Gasteiger partial charge in [-0.3, -0.25) is 4.79 Å². The van der Waals surface area contributed by atoms with E-state index in [1.54, 1.807) is 23.5 Å². The molecule has 4 rings (SSSR count). The molecule has 2 heterocycles. The van der Waals surface area contributed by atoms with Crippen LogP contribution in [0.5, 0.6) is 0 Å². The minimum atomic E-state index is -0.280. The van der Waals surface area contributed by atoms with E-state index in [-0.39, 0.29) is 11.7 Å². The van der Waals surface area contributed by atoms with Gasteiger partial charge in [0.2, 0.25) is 0 Å². The molecular weight excluding hydrogens is 371 g/mol. The number of aryl methyl sites for hydroxylation is 2. The maximum absolute atomic E-state index is 13.1. The van der Waals surface area contributed by atoms with Crippen molar-refractivity contribution in [1.29, 1.82) is 0 Å². The molecule has 5 heteroatoms. The van der Waals surface area contributed by atoms with E-state index in [0.717, 1.165) is 15.8 Å². The minimum Gasteiger partial charge on any atom is -0.347 e. The molecule has 4 aromatic rings. The molecule has 0 fully saturated rings. The summed E-state index contributed by atoms with van der Waals surface area (Å²) in [6, 6.07) is 18.5. The highest BCUT2D eigenvalue weighted by atomic mass is 32.1. The van der Waals surface area contributed by atoms with Gasteiger partial charge in [-0.05, 0) is 54.8 Å². The molecule has 2 aromatic heterocycles. The van der Waals surface area contributed by atoms with Crippen LogP contribution in [0.15, 0.2) is 60.7 Å². The highest BCUT2D eigenvalue weighted by molar-refractivity contribution is 7.19. The van der Waals surface area contributed by atoms with Gasteiger partial charge in [0, 0.05) is 18.0 Å². The Labute approximate surface area is 167 Å². The molecule has 2 aromatic carbocycles. The van der Waals surface area contributed by atoms with Crippen LogP contribution in [0.1, 0.15) is 32.1 Å². The molecular formula is C23H21FN2OS. The van der Waals surface area contributed by atoms with Crippen molar-refractivity contribution in [1.82, 2.24) is 9.88 Å². The number of carbonyl (C=O) groups excluding carboxylic acids is 1. The number of benzene rings is 2. The third-order valence-corrected chi connectivity index (χ3v) is 5.89. The summed E-state index contributed by atoms with van der Waals surface area (Å²) in [5.74, 6) is -0.406. The zero-order chi connectivity index (χ0) is 19.7. The maximum Gasteiger partial charge on any atom is 0.268 e. The molecule has 0 bridgehead atoms. The fourth-order valence-electron chi connectivity index (χ4n) is 3.36. The van der Waals surface area contributed by atoms with E-state index in [1.807, 2.05) is 18.2 Å². The summed E-state index contributed by atoms with van der Waals surface area (Å²) >= 11 is 1.69. The second-order valence-electron chi connectivity index (χ2n) is 6.96. The highest BCUT2D eigenvalue weighted by Gasteiger charge is 2.18. The molecule has 0 aliphatic carbocycles. The first-order chi connectivity index (χ1) is 13.5. The normalized spacial score (nSPS) is 11.1. The van der Waals surface area contributed by atoms with Crippen LogP contribution < -0.4 is 5.32 Å². The molecule has 0 unspecified atom stereocenters. The molecule has 0 spiro atoms. The zero-order valence-corrected chi connectivity index (χ0v) is 16.6. The molecule has 0 radical (unpaired) electrons. The van der Waals surface area contributed by atoms with Crippen molar-refractivity contribution in [2.75, 3.05) is 0 Å². The van der Waals surface area contributed by atoms with Gasteiger partial charge in [0.1, 0.15) is 11.5 Å². The summed E-state index contributed by atoms with van der Waals surface area (Å²) in [6.07, 6.45) is 0. The van der Waals surface area contributed by atoms with E-state index in [9.17, 15) is 9.18 Å². The van der Waals surface area contributed by atoms with E-state index < -0.39 is 0 Å². The molecule has 1 N–H and O–H groups in total. The molecule has 0 saturated heterocycles. The van der Waals surface area contributed by atoms with Crippen LogP contribution in [0.3, 0.4) is 0 Å². The summed E-state index contributed by atoms with van der Waals surface area (Å²) in [7, 11) is 0. The van der Waals surface area contributed by atoms with Gasteiger partial charge in [-0.2, -0.15) is 0 Å². The number of nitrogens with one attached hydrogen (secondary N) is 1. The van der Waals surface area contributed by atoms with Gasteiger partial charge in [0.15, 0.2) is 0 Å². The number of fused-ring (bicyclic) bond motifs is 1. The lowest BCUT2D eigenvalue weighted by molar-refractivity contribution is 0.0942. The van der Waals surface area contributed by atoms with Gasteiger partial charge in [-0.25, -0.2) is 4.39 Å². The average molecular weight is 392 g/mol. The molecule has 28 heavy (non-hydrogen) atoms. The largest absolute Gasteiger partial charge is 0.347 e. The van der Waals surface area contributed by atoms with Crippen molar-refractivity contribution < 1.29 is 9.18 Å². The Morgan fingerprint density at radius 2 is 1.82 bits per heavy atom. The third kappa shape index (κ3) is 3.71. The number of hydrogen-bond donors (Lipinski definition) is 1. The van der Waals surface area contributed by atoms with E-state index in [4.69, 9.17) is 0 Å². The van der Waals surface area contributed by atoms with Crippen molar-refractivity contribution in [3.8, 4) is 0 Å². The van der Waals surface area contributed by atoms with Crippen LogP contribution in [0.25, 0.3) is 10.2 Å². The van der Waals surface area contributed by atoms with Crippen LogP contribution in [0.4, 0.5) is 4.39 Å². The van der Waals surface area contributed by atoms with Gasteiger partial charge in [-0.1, -0.05) is 36.4 Å². The predicted octanol–water partition coefficient (Wildman–Crippen LogP) is 5.44. The second kappa shape index (κ2) is 7.60. The zero-order valence-electron chi connectivity index (χ0n) is 15.8. The van der Waals surface area contributed by atoms with Crippen LogP contribution in [0, 0.1) is 19.7 Å². The Morgan fingerprint density at radius 3 is 2.57 bits per heavy atom. The van der Waals surface area contributed by atoms with Crippen molar-refractivity contribution in [3.05, 3.63) is 93.7 Å². The lowest BCUT2D eigenvalue weighted by Gasteiger charge is -2.13. The summed E-state index contributed by atoms with van der Waals surface area (Å²) in [4.78, 5) is 14.2. The molecule has 1 amide bonds. The Morgan fingerprint density at radius 1 is 1.07 bits per heavy atom. The number of carbonyl (C=O) groups is 1. The molecule has 0 aliphatic heterocycles. The molecule has 0 atom stereocenters. The number of aromatic nitrogens is 1. The number of halogens is 1. The average Bonchev–Trinajstić information content (AvgIpc) is 3.20. The lowest BCUT2D eigenvalue weighted by Crippen LogP contribution is -2.25. The number of hydrogen-bond acceptors (Lipinski definition) is 2. The third-order valence-electron chi connectivity index (χ3n) is 4.90. The fraction of sp³-hybridized carbons (Fsp3) is 0.174. The van der Waals surface area contributed by atoms with Crippen molar-refractivity contribution in [3.63, 3.8) is 0 Å². The summed E-state index contributed by atoms with van der Waals surface area (Å²) in [6.45, 7) is 5.17. The summed E-state index contributed by atoms with van der Waals surface area (Å²) in [5, 5.41) is 2.96. The van der Waals surface area contributed by atoms with Gasteiger partial charge in [-0.15, -0.1) is 11.3 Å². The van der Waals surface area contributed by atoms with Crippen LogP contribution >= 0.6 is 11.3 Å². The Balaban J connectivity index is 1.64. The first-order valence-electron chi connectivity index (χ1n) is 9.18. The molecule has 0 saturated carbocycles. The van der Waals surface area contributed by atoms with Crippen molar-refractivity contribution >= 4 is 27.5 Å². The summed E-state index contributed by atoms with van der Waals surface area (Å²) < 4.78 is 16.3. The number of thiophene rings is 1. The quantitative estimate of drug-likeness (QED) is 0.482. The fourth-order valence-corrected chi connectivity index (χ4v) is 4.32. The Bertz CT molecular complexity index is 1140. The monoisotopic (exact) mass is 392 g/mol. The van der Waals surface area contributed by atoms with Gasteiger partial charge < -0.3 is 9.88 Å². The summed E-state index contributed by atoms with van der Waals surface area (Å²) in [5.41, 5.74) is 4.99. The van der Waals surface area contributed by atoms with Crippen LogP contribution in [0.2, 0.25) is 0 Å². The van der Waals surface area contributed by atoms with E-state index in [0.29, 0.717) is 18.8 Å². The number of amides is 1.